The Morgan fingerprint density at radius 3 is 2.85 bits per heavy atom. The van der Waals surface area contributed by atoms with E-state index in [-0.39, 0.29) is 6.61 Å². The minimum absolute atomic E-state index is 0.160. The molecule has 0 aliphatic rings. The number of methoxy groups -OCH3 is 1. The average Bonchev–Trinajstić information content (AvgIpc) is 3.07. The molecule has 0 saturated heterocycles. The smallest absolute Gasteiger partial charge is 0.162 e. The molecule has 3 aromatic rings. The van der Waals surface area contributed by atoms with Crippen molar-refractivity contribution in [3.05, 3.63) is 53.3 Å². The van der Waals surface area contributed by atoms with E-state index in [2.05, 4.69) is 22.0 Å². The minimum Gasteiger partial charge on any atom is -0.493 e. The van der Waals surface area contributed by atoms with Crippen LogP contribution < -0.4 is 9.47 Å². The van der Waals surface area contributed by atoms with Crippen molar-refractivity contribution in [3.63, 3.8) is 0 Å². The predicted molar refractivity (Wildman–Crippen MR) is 102 cm³/mol. The topological polar surface area (TPSA) is 70.9 Å². The van der Waals surface area contributed by atoms with Crippen LogP contribution in [0, 0.1) is 30.6 Å². The van der Waals surface area contributed by atoms with Crippen LogP contribution in [0.5, 0.6) is 11.5 Å². The van der Waals surface area contributed by atoms with Gasteiger partial charge in [-0.05, 0) is 48.4 Å². The molecule has 1 N–H and O–H groups in total. The molecule has 0 radical (unpaired) electrons. The standard InChI is InChI=1S/C21H17N3O2/c1-4-9-26-19-8-6-15(12-20(19)25-3)11-16(13-22)21-23-17-7-5-14(2)10-18(17)24-21/h1,5-8,10-12H,9H2,2-3H3,(H,23,24). The van der Waals surface area contributed by atoms with Gasteiger partial charge in [-0.2, -0.15) is 5.26 Å². The Kier molecular flexibility index (Phi) is 4.92. The van der Waals surface area contributed by atoms with E-state index in [4.69, 9.17) is 15.9 Å². The largest absolute Gasteiger partial charge is 0.493 e. The van der Waals surface area contributed by atoms with Crippen molar-refractivity contribution in [2.24, 2.45) is 0 Å². The van der Waals surface area contributed by atoms with E-state index in [0.717, 1.165) is 22.2 Å². The third-order valence-electron chi connectivity index (χ3n) is 3.82. The number of imidazole rings is 1. The van der Waals surface area contributed by atoms with Gasteiger partial charge >= 0.3 is 0 Å². The first kappa shape index (κ1) is 17.1. The highest BCUT2D eigenvalue weighted by molar-refractivity contribution is 5.90. The monoisotopic (exact) mass is 343 g/mol. The highest BCUT2D eigenvalue weighted by Gasteiger charge is 2.10. The summed E-state index contributed by atoms with van der Waals surface area (Å²) in [4.78, 5) is 7.69. The SMILES string of the molecule is C#CCOc1ccc(C=C(C#N)c2nc3ccc(C)cc3[nH]2)cc1OC. The third-order valence-corrected chi connectivity index (χ3v) is 3.82. The highest BCUT2D eigenvalue weighted by Crippen LogP contribution is 2.29. The van der Waals surface area contributed by atoms with E-state index in [9.17, 15) is 5.26 Å². The second kappa shape index (κ2) is 7.46. The number of hydrogen-bond acceptors (Lipinski definition) is 4. The fraction of sp³-hybridized carbons (Fsp3) is 0.143. The van der Waals surface area contributed by atoms with Gasteiger partial charge in [0.1, 0.15) is 18.5 Å². The highest BCUT2D eigenvalue weighted by atomic mass is 16.5. The molecule has 1 heterocycles. The summed E-state index contributed by atoms with van der Waals surface area (Å²) in [7, 11) is 1.55. The molecule has 0 unspecified atom stereocenters. The number of nitriles is 1. The van der Waals surface area contributed by atoms with Crippen LogP contribution in [0.1, 0.15) is 17.0 Å². The van der Waals surface area contributed by atoms with Crippen LogP contribution in [0.25, 0.3) is 22.7 Å². The summed E-state index contributed by atoms with van der Waals surface area (Å²) in [6.45, 7) is 2.17. The Balaban J connectivity index is 1.98. The predicted octanol–water partition coefficient (Wildman–Crippen LogP) is 3.96. The zero-order valence-corrected chi connectivity index (χ0v) is 14.5. The van der Waals surface area contributed by atoms with Crippen LogP contribution in [0.15, 0.2) is 36.4 Å². The lowest BCUT2D eigenvalue weighted by Gasteiger charge is -2.09. The van der Waals surface area contributed by atoms with Crippen LogP contribution in [0.4, 0.5) is 0 Å². The maximum atomic E-state index is 9.56. The van der Waals surface area contributed by atoms with Gasteiger partial charge in [0.25, 0.3) is 0 Å². The molecule has 3 rings (SSSR count). The van der Waals surface area contributed by atoms with Crippen LogP contribution in [0.2, 0.25) is 0 Å². The van der Waals surface area contributed by atoms with Crippen molar-refractivity contribution in [2.75, 3.05) is 13.7 Å². The molecule has 0 aliphatic heterocycles. The van der Waals surface area contributed by atoms with Crippen LogP contribution in [-0.2, 0) is 0 Å². The number of ether oxygens (including phenoxy) is 2. The normalized spacial score (nSPS) is 11.0. The lowest BCUT2D eigenvalue weighted by Crippen LogP contribution is -1.97. The Labute approximate surface area is 151 Å². The first-order valence-electron chi connectivity index (χ1n) is 7.97. The van der Waals surface area contributed by atoms with Gasteiger partial charge in [0.2, 0.25) is 0 Å². The summed E-state index contributed by atoms with van der Waals surface area (Å²) in [6, 6.07) is 13.5. The molecule has 0 aliphatic carbocycles. The van der Waals surface area contributed by atoms with Gasteiger partial charge in [-0.1, -0.05) is 18.1 Å². The zero-order valence-electron chi connectivity index (χ0n) is 14.5. The van der Waals surface area contributed by atoms with Crippen molar-refractivity contribution in [1.82, 2.24) is 9.97 Å². The lowest BCUT2D eigenvalue weighted by molar-refractivity contribution is 0.331. The van der Waals surface area contributed by atoms with Crippen molar-refractivity contribution < 1.29 is 9.47 Å². The van der Waals surface area contributed by atoms with Gasteiger partial charge in [-0.25, -0.2) is 4.98 Å². The number of fused-ring (bicyclic) bond motifs is 1. The summed E-state index contributed by atoms with van der Waals surface area (Å²) in [5.74, 6) is 4.05. The molecule has 5 nitrogen and oxygen atoms in total. The summed E-state index contributed by atoms with van der Waals surface area (Å²) >= 11 is 0. The van der Waals surface area contributed by atoms with Gasteiger partial charge in [0.15, 0.2) is 11.5 Å². The third kappa shape index (κ3) is 3.53. The summed E-state index contributed by atoms with van der Waals surface area (Å²) in [5, 5.41) is 9.56. The summed E-state index contributed by atoms with van der Waals surface area (Å²) < 4.78 is 10.8. The van der Waals surface area contributed by atoms with E-state index >= 15 is 0 Å². The first-order valence-corrected chi connectivity index (χ1v) is 7.97. The van der Waals surface area contributed by atoms with E-state index in [1.165, 1.54) is 0 Å². The molecular formula is C21H17N3O2. The molecule has 0 atom stereocenters. The molecule has 2 aromatic carbocycles. The Morgan fingerprint density at radius 2 is 2.12 bits per heavy atom. The fourth-order valence-corrected chi connectivity index (χ4v) is 2.58. The second-order valence-electron chi connectivity index (χ2n) is 5.68. The van der Waals surface area contributed by atoms with Crippen molar-refractivity contribution in [1.29, 1.82) is 5.26 Å². The van der Waals surface area contributed by atoms with E-state index in [1.54, 1.807) is 25.3 Å². The number of benzene rings is 2. The second-order valence-corrected chi connectivity index (χ2v) is 5.68. The molecule has 1 aromatic heterocycles. The molecule has 5 heteroatoms. The van der Waals surface area contributed by atoms with Crippen molar-refractivity contribution in [2.45, 2.75) is 6.92 Å². The maximum Gasteiger partial charge on any atom is 0.162 e. The van der Waals surface area contributed by atoms with Gasteiger partial charge in [-0.15, -0.1) is 6.42 Å². The number of nitrogens with one attached hydrogen (secondary N) is 1. The number of rotatable bonds is 5. The molecular weight excluding hydrogens is 326 g/mol. The molecule has 0 spiro atoms. The Morgan fingerprint density at radius 1 is 1.27 bits per heavy atom. The number of aryl methyl sites for hydroxylation is 1. The van der Waals surface area contributed by atoms with Gasteiger partial charge in [0.05, 0.1) is 23.7 Å². The quantitative estimate of drug-likeness (QED) is 0.562. The number of aromatic nitrogens is 2. The minimum atomic E-state index is 0.160. The molecule has 128 valence electrons. The number of nitrogens with zero attached hydrogens (tertiary/aromatic N) is 2. The van der Waals surface area contributed by atoms with Crippen LogP contribution in [0.3, 0.4) is 0 Å². The summed E-state index contributed by atoms with van der Waals surface area (Å²) in [5.41, 5.74) is 4.07. The van der Waals surface area contributed by atoms with Crippen LogP contribution in [-0.4, -0.2) is 23.7 Å². The summed E-state index contributed by atoms with van der Waals surface area (Å²) in [6.07, 6.45) is 6.96. The number of allylic oxidation sites excluding steroid dienone is 1. The number of terminal acetylenes is 1. The zero-order chi connectivity index (χ0) is 18.5. The van der Waals surface area contributed by atoms with Crippen molar-refractivity contribution >= 4 is 22.7 Å². The van der Waals surface area contributed by atoms with Gasteiger partial charge < -0.3 is 14.5 Å². The molecule has 0 saturated carbocycles. The number of hydrogen-bond donors (Lipinski definition) is 1. The Bertz CT molecular complexity index is 1070. The lowest BCUT2D eigenvalue weighted by atomic mass is 10.1. The molecule has 0 bridgehead atoms. The first-order chi connectivity index (χ1) is 12.6. The molecule has 0 amide bonds. The molecule has 26 heavy (non-hydrogen) atoms. The number of aromatic amines is 1. The van der Waals surface area contributed by atoms with E-state index in [0.29, 0.717) is 22.9 Å². The average molecular weight is 343 g/mol. The fourth-order valence-electron chi connectivity index (χ4n) is 2.58. The van der Waals surface area contributed by atoms with Crippen molar-refractivity contribution in [3.8, 4) is 29.9 Å². The van der Waals surface area contributed by atoms with Gasteiger partial charge in [-0.3, -0.25) is 0 Å². The Hall–Kier alpha value is -3.70. The molecule has 0 fully saturated rings. The van der Waals surface area contributed by atoms with E-state index in [1.807, 2.05) is 31.2 Å². The maximum absolute atomic E-state index is 9.56. The number of H-pyrrole nitrogens is 1. The van der Waals surface area contributed by atoms with Crippen LogP contribution >= 0.6 is 0 Å². The van der Waals surface area contributed by atoms with Gasteiger partial charge in [0, 0.05) is 0 Å². The van der Waals surface area contributed by atoms with E-state index < -0.39 is 0 Å².